The zero-order valence-electron chi connectivity index (χ0n) is 10.7. The van der Waals surface area contributed by atoms with Gasteiger partial charge in [-0.15, -0.1) is 11.3 Å². The molecule has 0 aromatic carbocycles. The summed E-state index contributed by atoms with van der Waals surface area (Å²) in [6.07, 6.45) is 0.844. The Labute approximate surface area is 107 Å². The van der Waals surface area contributed by atoms with Gasteiger partial charge in [-0.1, -0.05) is 13.8 Å². The summed E-state index contributed by atoms with van der Waals surface area (Å²) in [5, 5.41) is 1.96. The fourth-order valence-electron chi connectivity index (χ4n) is 1.82. The molecular formula is C12H21N3OS. The normalized spacial score (nSPS) is 12.8. The SMILES string of the molecule is CC(C)CC(CN)C(=O)N(C)Cc1cscn1. The van der Waals surface area contributed by atoms with Crippen molar-refractivity contribution in [1.82, 2.24) is 9.88 Å². The van der Waals surface area contributed by atoms with Gasteiger partial charge in [0.15, 0.2) is 0 Å². The molecule has 0 aliphatic heterocycles. The Morgan fingerprint density at radius 1 is 1.59 bits per heavy atom. The largest absolute Gasteiger partial charge is 0.340 e. The monoisotopic (exact) mass is 255 g/mol. The van der Waals surface area contributed by atoms with Crippen LogP contribution in [0.2, 0.25) is 0 Å². The van der Waals surface area contributed by atoms with Gasteiger partial charge in [0.1, 0.15) is 0 Å². The molecule has 1 rings (SSSR count). The van der Waals surface area contributed by atoms with Gasteiger partial charge in [0.05, 0.1) is 23.7 Å². The minimum Gasteiger partial charge on any atom is -0.340 e. The highest BCUT2D eigenvalue weighted by atomic mass is 32.1. The van der Waals surface area contributed by atoms with Gasteiger partial charge in [0, 0.05) is 19.0 Å². The van der Waals surface area contributed by atoms with Crippen molar-refractivity contribution in [1.29, 1.82) is 0 Å². The molecule has 0 aliphatic rings. The molecule has 1 atom stereocenters. The molecule has 0 fully saturated rings. The fourth-order valence-corrected chi connectivity index (χ4v) is 2.36. The molecule has 0 bridgehead atoms. The average molecular weight is 255 g/mol. The van der Waals surface area contributed by atoms with Crippen LogP contribution in [0.4, 0.5) is 0 Å². The van der Waals surface area contributed by atoms with E-state index in [9.17, 15) is 4.79 Å². The number of carbonyl (C=O) groups excluding carboxylic acids is 1. The highest BCUT2D eigenvalue weighted by molar-refractivity contribution is 7.07. The van der Waals surface area contributed by atoms with Crippen LogP contribution < -0.4 is 5.73 Å². The van der Waals surface area contributed by atoms with Crippen molar-refractivity contribution in [3.8, 4) is 0 Å². The summed E-state index contributed by atoms with van der Waals surface area (Å²) in [7, 11) is 1.81. The van der Waals surface area contributed by atoms with Crippen LogP contribution in [0.5, 0.6) is 0 Å². The Balaban J connectivity index is 2.54. The third kappa shape index (κ3) is 4.44. The van der Waals surface area contributed by atoms with Crippen LogP contribution in [0.3, 0.4) is 0 Å². The van der Waals surface area contributed by atoms with Gasteiger partial charge in [0.25, 0.3) is 0 Å². The predicted octanol–water partition coefficient (Wildman–Crippen LogP) is 1.72. The van der Waals surface area contributed by atoms with E-state index in [0.29, 0.717) is 19.0 Å². The van der Waals surface area contributed by atoms with Gasteiger partial charge in [-0.2, -0.15) is 0 Å². The number of hydrogen-bond donors (Lipinski definition) is 1. The lowest BCUT2D eigenvalue weighted by Gasteiger charge is -2.23. The molecule has 0 radical (unpaired) electrons. The molecule has 1 unspecified atom stereocenters. The number of nitrogens with zero attached hydrogens (tertiary/aromatic N) is 2. The molecule has 2 N–H and O–H groups in total. The fraction of sp³-hybridized carbons (Fsp3) is 0.667. The first-order valence-electron chi connectivity index (χ1n) is 5.86. The summed E-state index contributed by atoms with van der Waals surface area (Å²) < 4.78 is 0. The second kappa shape index (κ2) is 6.71. The first-order valence-corrected chi connectivity index (χ1v) is 6.81. The quantitative estimate of drug-likeness (QED) is 0.842. The van der Waals surface area contributed by atoms with E-state index in [1.165, 1.54) is 0 Å². The third-order valence-corrected chi connectivity index (χ3v) is 3.28. The Morgan fingerprint density at radius 2 is 2.29 bits per heavy atom. The molecule has 17 heavy (non-hydrogen) atoms. The molecule has 5 heteroatoms. The molecule has 1 heterocycles. The van der Waals surface area contributed by atoms with Crippen molar-refractivity contribution in [2.45, 2.75) is 26.8 Å². The van der Waals surface area contributed by atoms with Crippen molar-refractivity contribution in [3.63, 3.8) is 0 Å². The van der Waals surface area contributed by atoms with Crippen molar-refractivity contribution < 1.29 is 4.79 Å². The van der Waals surface area contributed by atoms with Crippen LogP contribution in [-0.2, 0) is 11.3 Å². The highest BCUT2D eigenvalue weighted by Crippen LogP contribution is 2.14. The predicted molar refractivity (Wildman–Crippen MR) is 70.6 cm³/mol. The van der Waals surface area contributed by atoms with Crippen LogP contribution in [-0.4, -0.2) is 29.4 Å². The Bertz CT molecular complexity index is 338. The van der Waals surface area contributed by atoms with Crippen LogP contribution in [0.25, 0.3) is 0 Å². The third-order valence-electron chi connectivity index (χ3n) is 2.65. The summed E-state index contributed by atoms with van der Waals surface area (Å²) in [5.41, 5.74) is 8.39. The van der Waals surface area contributed by atoms with Gasteiger partial charge in [-0.05, 0) is 12.3 Å². The molecule has 0 spiro atoms. The Morgan fingerprint density at radius 3 is 2.76 bits per heavy atom. The van der Waals surface area contributed by atoms with E-state index in [1.54, 1.807) is 21.7 Å². The minimum atomic E-state index is -0.0707. The molecular weight excluding hydrogens is 234 g/mol. The smallest absolute Gasteiger partial charge is 0.227 e. The van der Waals surface area contributed by atoms with E-state index >= 15 is 0 Å². The van der Waals surface area contributed by atoms with E-state index in [0.717, 1.165) is 12.1 Å². The van der Waals surface area contributed by atoms with Crippen LogP contribution in [0.15, 0.2) is 10.9 Å². The first-order chi connectivity index (χ1) is 8.04. The van der Waals surface area contributed by atoms with E-state index in [1.807, 2.05) is 12.4 Å². The number of rotatable bonds is 6. The van der Waals surface area contributed by atoms with E-state index in [-0.39, 0.29) is 11.8 Å². The van der Waals surface area contributed by atoms with Crippen LogP contribution in [0, 0.1) is 11.8 Å². The van der Waals surface area contributed by atoms with Crippen molar-refractivity contribution in [3.05, 3.63) is 16.6 Å². The highest BCUT2D eigenvalue weighted by Gasteiger charge is 2.21. The topological polar surface area (TPSA) is 59.2 Å². The van der Waals surface area contributed by atoms with Gasteiger partial charge in [0.2, 0.25) is 5.91 Å². The Kier molecular flexibility index (Phi) is 5.58. The zero-order valence-corrected chi connectivity index (χ0v) is 11.5. The molecule has 1 aromatic heterocycles. The molecule has 0 aliphatic carbocycles. The molecule has 0 saturated heterocycles. The standard InChI is InChI=1S/C12H21N3OS/c1-9(2)4-10(5-13)12(16)15(3)6-11-7-17-8-14-11/h7-10H,4-6,13H2,1-3H3. The van der Waals surface area contributed by atoms with E-state index < -0.39 is 0 Å². The maximum Gasteiger partial charge on any atom is 0.227 e. The summed E-state index contributed by atoms with van der Waals surface area (Å²) in [6, 6.07) is 0. The summed E-state index contributed by atoms with van der Waals surface area (Å²) in [4.78, 5) is 18.1. The van der Waals surface area contributed by atoms with Crippen LogP contribution in [0.1, 0.15) is 26.0 Å². The lowest BCUT2D eigenvalue weighted by Crippen LogP contribution is -2.37. The minimum absolute atomic E-state index is 0.0707. The number of aromatic nitrogens is 1. The van der Waals surface area contributed by atoms with Crippen molar-refractivity contribution in [2.75, 3.05) is 13.6 Å². The van der Waals surface area contributed by atoms with Gasteiger partial charge in [-0.25, -0.2) is 4.98 Å². The lowest BCUT2D eigenvalue weighted by atomic mass is 9.96. The second-order valence-electron chi connectivity index (χ2n) is 4.74. The van der Waals surface area contributed by atoms with Crippen molar-refractivity contribution >= 4 is 17.2 Å². The van der Waals surface area contributed by atoms with E-state index in [2.05, 4.69) is 18.8 Å². The number of carbonyl (C=O) groups is 1. The number of thiazole rings is 1. The number of nitrogens with two attached hydrogens (primary N) is 1. The molecule has 0 saturated carbocycles. The summed E-state index contributed by atoms with van der Waals surface area (Å²) in [6.45, 7) is 5.20. The van der Waals surface area contributed by atoms with E-state index in [4.69, 9.17) is 5.73 Å². The van der Waals surface area contributed by atoms with Gasteiger partial charge in [-0.3, -0.25) is 4.79 Å². The number of amides is 1. The second-order valence-corrected chi connectivity index (χ2v) is 5.45. The van der Waals surface area contributed by atoms with Crippen LogP contribution >= 0.6 is 11.3 Å². The van der Waals surface area contributed by atoms with Crippen molar-refractivity contribution in [2.24, 2.45) is 17.6 Å². The van der Waals surface area contributed by atoms with Gasteiger partial charge < -0.3 is 10.6 Å². The molecule has 1 amide bonds. The maximum absolute atomic E-state index is 12.2. The summed E-state index contributed by atoms with van der Waals surface area (Å²) in [5.74, 6) is 0.535. The van der Waals surface area contributed by atoms with Gasteiger partial charge >= 0.3 is 0 Å². The summed E-state index contributed by atoms with van der Waals surface area (Å²) >= 11 is 1.54. The maximum atomic E-state index is 12.2. The molecule has 4 nitrogen and oxygen atoms in total. The molecule has 96 valence electrons. The average Bonchev–Trinajstić information content (AvgIpc) is 2.77. The Hall–Kier alpha value is -0.940. The molecule has 1 aromatic rings. The number of hydrogen-bond acceptors (Lipinski definition) is 4. The first kappa shape index (κ1) is 14.1. The lowest BCUT2D eigenvalue weighted by molar-refractivity contribution is -0.135. The zero-order chi connectivity index (χ0) is 12.8.